The number of benzene rings is 1. The van der Waals surface area contributed by atoms with Crippen LogP contribution in [-0.2, 0) is 18.0 Å². The van der Waals surface area contributed by atoms with Gasteiger partial charge in [-0.1, -0.05) is 19.9 Å². The first-order chi connectivity index (χ1) is 9.61. The molecule has 4 heteroatoms. The van der Waals surface area contributed by atoms with E-state index in [1.54, 1.807) is 4.90 Å². The van der Waals surface area contributed by atoms with Gasteiger partial charge in [-0.3, -0.25) is 4.79 Å². The second kappa shape index (κ2) is 6.53. The van der Waals surface area contributed by atoms with E-state index < -0.39 is 0 Å². The van der Waals surface area contributed by atoms with E-state index in [0.29, 0.717) is 44.2 Å². The normalized spacial score (nSPS) is 13.1. The van der Waals surface area contributed by atoms with Crippen molar-refractivity contribution < 1.29 is 9.53 Å². The van der Waals surface area contributed by atoms with Crippen LogP contribution in [0.1, 0.15) is 41.8 Å². The molecule has 0 aromatic heterocycles. The number of fused-ring (bicyclic) bond motifs is 1. The van der Waals surface area contributed by atoms with Crippen LogP contribution in [0.5, 0.6) is 0 Å². The molecular weight excluding hydrogens is 252 g/mol. The second-order valence-corrected chi connectivity index (χ2v) is 5.53. The summed E-state index contributed by atoms with van der Waals surface area (Å²) in [5, 5.41) is 8.72. The Morgan fingerprint density at radius 2 is 2.15 bits per heavy atom. The second-order valence-electron chi connectivity index (χ2n) is 5.53. The zero-order chi connectivity index (χ0) is 14.5. The number of nitriles is 1. The molecule has 0 fully saturated rings. The highest BCUT2D eigenvalue weighted by Gasteiger charge is 2.19. The van der Waals surface area contributed by atoms with Crippen molar-refractivity contribution >= 4 is 5.91 Å². The number of carbonyl (C=O) groups excluding carboxylic acids is 1. The molecule has 0 spiro atoms. The fourth-order valence-corrected chi connectivity index (χ4v) is 2.39. The van der Waals surface area contributed by atoms with E-state index in [9.17, 15) is 4.79 Å². The van der Waals surface area contributed by atoms with Crippen molar-refractivity contribution in [1.29, 1.82) is 5.26 Å². The molecule has 1 aromatic rings. The van der Waals surface area contributed by atoms with Crippen molar-refractivity contribution in [1.82, 2.24) is 4.90 Å². The molecule has 0 unspecified atom stereocenters. The number of amides is 1. The van der Waals surface area contributed by atoms with Crippen LogP contribution in [0.25, 0.3) is 0 Å². The summed E-state index contributed by atoms with van der Waals surface area (Å²) >= 11 is 0. The number of hydrogen-bond acceptors (Lipinski definition) is 3. The molecule has 0 bridgehead atoms. The van der Waals surface area contributed by atoms with Gasteiger partial charge in [0.1, 0.15) is 0 Å². The first-order valence-corrected chi connectivity index (χ1v) is 6.97. The first kappa shape index (κ1) is 14.5. The van der Waals surface area contributed by atoms with Gasteiger partial charge in [0, 0.05) is 18.7 Å². The lowest BCUT2D eigenvalue weighted by atomic mass is 10.0. The van der Waals surface area contributed by atoms with Crippen LogP contribution in [0.2, 0.25) is 0 Å². The van der Waals surface area contributed by atoms with Gasteiger partial charge in [-0.2, -0.15) is 5.26 Å². The molecule has 0 saturated heterocycles. The Kier molecular flexibility index (Phi) is 4.75. The molecular formula is C16H20N2O2. The Labute approximate surface area is 120 Å². The lowest BCUT2D eigenvalue weighted by Crippen LogP contribution is -2.35. The van der Waals surface area contributed by atoms with Gasteiger partial charge in [0.2, 0.25) is 0 Å². The standard InChI is InChI=1S/C16H20N2O2/c1-12(2)9-18(7-3-6-17)16(19)13-4-5-14-10-20-11-15(14)8-13/h4-5,8,12H,3,7,9-11H2,1-2H3. The van der Waals surface area contributed by atoms with Crippen LogP contribution in [0, 0.1) is 17.2 Å². The molecule has 0 atom stereocenters. The maximum absolute atomic E-state index is 12.6. The van der Waals surface area contributed by atoms with Gasteiger partial charge >= 0.3 is 0 Å². The van der Waals surface area contributed by atoms with Crippen molar-refractivity contribution in [3.05, 3.63) is 34.9 Å². The minimum atomic E-state index is 0.00338. The molecule has 1 aliphatic rings. The molecule has 20 heavy (non-hydrogen) atoms. The lowest BCUT2D eigenvalue weighted by Gasteiger charge is -2.24. The third-order valence-corrected chi connectivity index (χ3v) is 3.33. The van der Waals surface area contributed by atoms with Gasteiger partial charge in [0.15, 0.2) is 0 Å². The van der Waals surface area contributed by atoms with Crippen molar-refractivity contribution in [3.63, 3.8) is 0 Å². The summed E-state index contributed by atoms with van der Waals surface area (Å²) in [5.74, 6) is 0.388. The fraction of sp³-hybridized carbons (Fsp3) is 0.500. The third-order valence-electron chi connectivity index (χ3n) is 3.33. The van der Waals surface area contributed by atoms with Crippen LogP contribution in [-0.4, -0.2) is 23.9 Å². The maximum atomic E-state index is 12.6. The minimum Gasteiger partial charge on any atom is -0.372 e. The molecule has 0 saturated carbocycles. The monoisotopic (exact) mass is 272 g/mol. The predicted octanol–water partition coefficient (Wildman–Crippen LogP) is 2.73. The summed E-state index contributed by atoms with van der Waals surface area (Å²) in [4.78, 5) is 14.3. The number of ether oxygens (including phenoxy) is 1. The summed E-state index contributed by atoms with van der Waals surface area (Å²) < 4.78 is 5.37. The van der Waals surface area contributed by atoms with Gasteiger partial charge in [-0.15, -0.1) is 0 Å². The fourth-order valence-electron chi connectivity index (χ4n) is 2.39. The molecule has 1 aliphatic heterocycles. The highest BCUT2D eigenvalue weighted by Crippen LogP contribution is 2.21. The van der Waals surface area contributed by atoms with Gasteiger partial charge < -0.3 is 9.64 Å². The highest BCUT2D eigenvalue weighted by atomic mass is 16.5. The van der Waals surface area contributed by atoms with Crippen LogP contribution < -0.4 is 0 Å². The smallest absolute Gasteiger partial charge is 0.253 e. The number of nitrogens with zero attached hydrogens (tertiary/aromatic N) is 2. The van der Waals surface area contributed by atoms with Crippen LogP contribution in [0.15, 0.2) is 18.2 Å². The van der Waals surface area contributed by atoms with E-state index in [1.165, 1.54) is 0 Å². The molecule has 106 valence electrons. The summed E-state index contributed by atoms with van der Waals surface area (Å²) in [6.45, 7) is 6.52. The Bertz CT molecular complexity index is 532. The number of hydrogen-bond donors (Lipinski definition) is 0. The van der Waals surface area contributed by atoms with Crippen molar-refractivity contribution in [2.24, 2.45) is 5.92 Å². The Hall–Kier alpha value is -1.86. The third kappa shape index (κ3) is 3.37. The van der Waals surface area contributed by atoms with Crippen molar-refractivity contribution in [2.45, 2.75) is 33.5 Å². The first-order valence-electron chi connectivity index (χ1n) is 6.97. The highest BCUT2D eigenvalue weighted by molar-refractivity contribution is 5.94. The SMILES string of the molecule is CC(C)CN(CCC#N)C(=O)c1ccc2c(c1)COC2. The topological polar surface area (TPSA) is 53.3 Å². The molecule has 1 aromatic carbocycles. The quantitative estimate of drug-likeness (QED) is 0.828. The van der Waals surface area contributed by atoms with E-state index in [4.69, 9.17) is 10.00 Å². The zero-order valence-electron chi connectivity index (χ0n) is 12.1. The average Bonchev–Trinajstić information content (AvgIpc) is 2.89. The maximum Gasteiger partial charge on any atom is 0.253 e. The van der Waals surface area contributed by atoms with Crippen molar-refractivity contribution in [3.8, 4) is 6.07 Å². The molecule has 4 nitrogen and oxygen atoms in total. The Morgan fingerprint density at radius 1 is 1.40 bits per heavy atom. The van der Waals surface area contributed by atoms with E-state index in [1.807, 2.05) is 18.2 Å². The Balaban J connectivity index is 2.16. The molecule has 1 heterocycles. The molecule has 1 amide bonds. The van der Waals surface area contributed by atoms with Gasteiger partial charge in [-0.05, 0) is 29.2 Å². The van der Waals surface area contributed by atoms with Crippen LogP contribution in [0.3, 0.4) is 0 Å². The molecule has 2 rings (SSSR count). The number of rotatable bonds is 5. The minimum absolute atomic E-state index is 0.00338. The Morgan fingerprint density at radius 3 is 2.85 bits per heavy atom. The van der Waals surface area contributed by atoms with Gasteiger partial charge in [-0.25, -0.2) is 0 Å². The van der Waals surface area contributed by atoms with Gasteiger partial charge in [0.05, 0.1) is 25.7 Å². The largest absolute Gasteiger partial charge is 0.372 e. The van der Waals surface area contributed by atoms with E-state index >= 15 is 0 Å². The summed E-state index contributed by atoms with van der Waals surface area (Å²) in [6.07, 6.45) is 0.368. The molecule has 0 aliphatic carbocycles. The zero-order valence-corrected chi connectivity index (χ0v) is 12.1. The summed E-state index contributed by atoms with van der Waals surface area (Å²) in [6, 6.07) is 7.85. The van der Waals surface area contributed by atoms with Crippen LogP contribution in [0.4, 0.5) is 0 Å². The van der Waals surface area contributed by atoms with Crippen molar-refractivity contribution in [2.75, 3.05) is 13.1 Å². The molecule has 0 N–H and O–H groups in total. The lowest BCUT2D eigenvalue weighted by molar-refractivity contribution is 0.0740. The molecule has 0 radical (unpaired) electrons. The van der Waals surface area contributed by atoms with E-state index in [-0.39, 0.29) is 5.91 Å². The van der Waals surface area contributed by atoms with Gasteiger partial charge in [0.25, 0.3) is 5.91 Å². The number of carbonyl (C=O) groups is 1. The predicted molar refractivity (Wildman–Crippen MR) is 75.9 cm³/mol. The van der Waals surface area contributed by atoms with E-state index in [2.05, 4.69) is 19.9 Å². The average molecular weight is 272 g/mol. The summed E-state index contributed by atoms with van der Waals surface area (Å²) in [7, 11) is 0. The van der Waals surface area contributed by atoms with E-state index in [0.717, 1.165) is 11.1 Å². The van der Waals surface area contributed by atoms with Crippen LogP contribution >= 0.6 is 0 Å². The summed E-state index contributed by atoms with van der Waals surface area (Å²) in [5.41, 5.74) is 2.95.